The van der Waals surface area contributed by atoms with E-state index in [9.17, 15) is 4.79 Å². The number of benzene rings is 1. The number of carbonyl (C=O) groups excluding carboxylic acids is 1. The number of nitrogens with zero attached hydrogens (tertiary/aromatic N) is 2. The number of rotatable bonds is 3. The Morgan fingerprint density at radius 2 is 1.92 bits per heavy atom. The van der Waals surface area contributed by atoms with Gasteiger partial charge in [-0.1, -0.05) is 23.7 Å². The maximum Gasteiger partial charge on any atom is 0.255 e. The SMILES string of the molecule is Cc1ccc(C)c(Oc2ncc(C(=O)N3CCCCC3)cc2Cl)c1. The van der Waals surface area contributed by atoms with Crippen LogP contribution in [-0.4, -0.2) is 28.9 Å². The van der Waals surface area contributed by atoms with E-state index in [0.717, 1.165) is 42.8 Å². The third-order valence-electron chi connectivity index (χ3n) is 4.25. The van der Waals surface area contributed by atoms with E-state index in [2.05, 4.69) is 4.98 Å². The van der Waals surface area contributed by atoms with Crippen molar-refractivity contribution < 1.29 is 9.53 Å². The molecule has 1 aliphatic rings. The average molecular weight is 345 g/mol. The fourth-order valence-electron chi connectivity index (χ4n) is 2.82. The van der Waals surface area contributed by atoms with Crippen LogP contribution in [0.3, 0.4) is 0 Å². The van der Waals surface area contributed by atoms with Gasteiger partial charge in [0.2, 0.25) is 5.88 Å². The van der Waals surface area contributed by atoms with Crippen LogP contribution in [0.5, 0.6) is 11.6 Å². The number of ether oxygens (including phenoxy) is 1. The summed E-state index contributed by atoms with van der Waals surface area (Å²) in [6, 6.07) is 7.61. The van der Waals surface area contributed by atoms with E-state index in [1.165, 1.54) is 6.42 Å². The van der Waals surface area contributed by atoms with Crippen molar-refractivity contribution in [2.45, 2.75) is 33.1 Å². The van der Waals surface area contributed by atoms with E-state index in [0.29, 0.717) is 16.5 Å². The van der Waals surface area contributed by atoms with Crippen LogP contribution in [0.4, 0.5) is 0 Å². The number of hydrogen-bond acceptors (Lipinski definition) is 3. The number of piperidine rings is 1. The average Bonchev–Trinajstić information content (AvgIpc) is 2.60. The van der Waals surface area contributed by atoms with Gasteiger partial charge in [-0.3, -0.25) is 4.79 Å². The minimum absolute atomic E-state index is 0.0117. The summed E-state index contributed by atoms with van der Waals surface area (Å²) in [5, 5.41) is 0.346. The van der Waals surface area contributed by atoms with Crippen molar-refractivity contribution in [3.05, 3.63) is 52.2 Å². The molecule has 2 aromatic rings. The fraction of sp³-hybridized carbons (Fsp3) is 0.368. The first-order valence-electron chi connectivity index (χ1n) is 8.24. The summed E-state index contributed by atoms with van der Waals surface area (Å²) in [6.45, 7) is 5.58. The zero-order valence-electron chi connectivity index (χ0n) is 14.0. The van der Waals surface area contributed by atoms with E-state index in [1.807, 2.05) is 36.9 Å². The number of hydrogen-bond donors (Lipinski definition) is 0. The van der Waals surface area contributed by atoms with E-state index in [1.54, 1.807) is 12.3 Å². The smallest absolute Gasteiger partial charge is 0.255 e. The first-order valence-corrected chi connectivity index (χ1v) is 8.62. The van der Waals surface area contributed by atoms with Crippen molar-refractivity contribution in [1.29, 1.82) is 0 Å². The van der Waals surface area contributed by atoms with Gasteiger partial charge in [0.05, 0.1) is 5.56 Å². The Morgan fingerprint density at radius 3 is 2.62 bits per heavy atom. The maximum atomic E-state index is 12.5. The van der Waals surface area contributed by atoms with Gasteiger partial charge in [0.15, 0.2) is 0 Å². The Labute approximate surface area is 147 Å². The van der Waals surface area contributed by atoms with Gasteiger partial charge in [-0.2, -0.15) is 0 Å². The second kappa shape index (κ2) is 7.22. The highest BCUT2D eigenvalue weighted by atomic mass is 35.5. The van der Waals surface area contributed by atoms with Gasteiger partial charge in [0.25, 0.3) is 5.91 Å². The van der Waals surface area contributed by atoms with Gasteiger partial charge >= 0.3 is 0 Å². The quantitative estimate of drug-likeness (QED) is 0.805. The molecule has 24 heavy (non-hydrogen) atoms. The van der Waals surface area contributed by atoms with Crippen LogP contribution in [0.2, 0.25) is 5.02 Å². The van der Waals surface area contributed by atoms with Crippen molar-refractivity contribution >= 4 is 17.5 Å². The van der Waals surface area contributed by atoms with Crippen LogP contribution >= 0.6 is 11.6 Å². The minimum Gasteiger partial charge on any atom is -0.437 e. The summed E-state index contributed by atoms with van der Waals surface area (Å²) in [4.78, 5) is 18.6. The molecule has 4 nitrogen and oxygen atoms in total. The fourth-order valence-corrected chi connectivity index (χ4v) is 3.02. The highest BCUT2D eigenvalue weighted by molar-refractivity contribution is 6.32. The number of likely N-dealkylation sites (tertiary alicyclic amines) is 1. The van der Waals surface area contributed by atoms with Gasteiger partial charge < -0.3 is 9.64 Å². The Morgan fingerprint density at radius 1 is 1.17 bits per heavy atom. The molecule has 3 rings (SSSR count). The van der Waals surface area contributed by atoms with Crippen LogP contribution < -0.4 is 4.74 Å². The Balaban J connectivity index is 1.79. The second-order valence-corrected chi connectivity index (χ2v) is 6.64. The van der Waals surface area contributed by atoms with E-state index >= 15 is 0 Å². The van der Waals surface area contributed by atoms with Crippen LogP contribution in [0, 0.1) is 13.8 Å². The predicted octanol–water partition coefficient (Wildman–Crippen LogP) is 4.77. The molecule has 1 aromatic heterocycles. The van der Waals surface area contributed by atoms with Crippen LogP contribution in [0.25, 0.3) is 0 Å². The number of amides is 1. The van der Waals surface area contributed by atoms with Crippen LogP contribution in [0.1, 0.15) is 40.7 Å². The Kier molecular flexibility index (Phi) is 5.05. The molecule has 0 unspecified atom stereocenters. The summed E-state index contributed by atoms with van der Waals surface area (Å²) in [5.41, 5.74) is 2.62. The number of halogens is 1. The molecule has 1 aromatic carbocycles. The van der Waals surface area contributed by atoms with Crippen molar-refractivity contribution in [3.8, 4) is 11.6 Å². The van der Waals surface area contributed by atoms with E-state index < -0.39 is 0 Å². The molecule has 0 saturated carbocycles. The lowest BCUT2D eigenvalue weighted by atomic mass is 10.1. The third kappa shape index (κ3) is 3.70. The lowest BCUT2D eigenvalue weighted by molar-refractivity contribution is 0.0724. The highest BCUT2D eigenvalue weighted by Crippen LogP contribution is 2.30. The van der Waals surface area contributed by atoms with Crippen molar-refractivity contribution in [2.75, 3.05) is 13.1 Å². The molecule has 1 fully saturated rings. The second-order valence-electron chi connectivity index (χ2n) is 6.23. The molecule has 2 heterocycles. The molecule has 5 heteroatoms. The first kappa shape index (κ1) is 16.8. The van der Waals surface area contributed by atoms with Crippen molar-refractivity contribution in [2.24, 2.45) is 0 Å². The molecule has 0 spiro atoms. The molecule has 0 atom stereocenters. The molecule has 126 valence electrons. The van der Waals surface area contributed by atoms with Crippen LogP contribution in [0.15, 0.2) is 30.5 Å². The molecule has 0 bridgehead atoms. The monoisotopic (exact) mass is 344 g/mol. The number of carbonyl (C=O) groups is 1. The van der Waals surface area contributed by atoms with E-state index in [4.69, 9.17) is 16.3 Å². The zero-order valence-corrected chi connectivity index (χ0v) is 14.8. The van der Waals surface area contributed by atoms with Crippen molar-refractivity contribution in [3.63, 3.8) is 0 Å². The maximum absolute atomic E-state index is 12.5. The largest absolute Gasteiger partial charge is 0.437 e. The standard InChI is InChI=1S/C19H21ClN2O2/c1-13-6-7-14(2)17(10-13)24-18-16(20)11-15(12-21-18)19(23)22-8-4-3-5-9-22/h6-7,10-12H,3-5,8-9H2,1-2H3. The van der Waals surface area contributed by atoms with Gasteiger partial charge in [0.1, 0.15) is 10.8 Å². The van der Waals surface area contributed by atoms with Gasteiger partial charge in [-0.05, 0) is 56.4 Å². The topological polar surface area (TPSA) is 42.4 Å². The molecule has 0 N–H and O–H groups in total. The first-order chi connectivity index (χ1) is 11.5. The summed E-state index contributed by atoms with van der Waals surface area (Å²) < 4.78 is 5.83. The number of aromatic nitrogens is 1. The summed E-state index contributed by atoms with van der Waals surface area (Å²) in [5.74, 6) is 1.03. The van der Waals surface area contributed by atoms with E-state index in [-0.39, 0.29) is 5.91 Å². The van der Waals surface area contributed by atoms with Gasteiger partial charge in [0, 0.05) is 19.3 Å². The summed E-state index contributed by atoms with van der Waals surface area (Å²) in [6.07, 6.45) is 4.84. The Bertz CT molecular complexity index is 755. The third-order valence-corrected chi connectivity index (χ3v) is 4.52. The minimum atomic E-state index is -0.0117. The molecule has 1 aliphatic heterocycles. The molecule has 0 aliphatic carbocycles. The zero-order chi connectivity index (χ0) is 17.1. The summed E-state index contributed by atoms with van der Waals surface area (Å²) in [7, 11) is 0. The number of aryl methyl sites for hydroxylation is 2. The van der Waals surface area contributed by atoms with Crippen molar-refractivity contribution in [1.82, 2.24) is 9.88 Å². The molecular weight excluding hydrogens is 324 g/mol. The Hall–Kier alpha value is -2.07. The normalized spacial score (nSPS) is 14.5. The van der Waals surface area contributed by atoms with Gasteiger partial charge in [-0.15, -0.1) is 0 Å². The van der Waals surface area contributed by atoms with Crippen LogP contribution in [-0.2, 0) is 0 Å². The predicted molar refractivity (Wildman–Crippen MR) is 95.0 cm³/mol. The lowest BCUT2D eigenvalue weighted by Crippen LogP contribution is -2.35. The van der Waals surface area contributed by atoms with Gasteiger partial charge in [-0.25, -0.2) is 4.98 Å². The number of pyridine rings is 1. The lowest BCUT2D eigenvalue weighted by Gasteiger charge is -2.26. The molecule has 1 amide bonds. The molecular formula is C19H21ClN2O2. The highest BCUT2D eigenvalue weighted by Gasteiger charge is 2.20. The molecule has 1 saturated heterocycles. The molecule has 0 radical (unpaired) electrons. The summed E-state index contributed by atoms with van der Waals surface area (Å²) >= 11 is 6.30.